The Hall–Kier alpha value is -3.09. The highest BCUT2D eigenvalue weighted by Gasteiger charge is 2.14. The molecule has 96 valence electrons. The fourth-order valence-corrected chi connectivity index (χ4v) is 2.02. The fourth-order valence-electron chi connectivity index (χ4n) is 2.02. The first kappa shape index (κ1) is 10.8. The van der Waals surface area contributed by atoms with Gasteiger partial charge in [-0.3, -0.25) is 10.1 Å². The molecular formula is C13H8N6O. The Bertz CT molecular complexity index is 862. The van der Waals surface area contributed by atoms with Gasteiger partial charge >= 0.3 is 0 Å². The number of nitrogens with zero attached hydrogens (tertiary/aromatic N) is 5. The van der Waals surface area contributed by atoms with E-state index < -0.39 is 0 Å². The highest BCUT2D eigenvalue weighted by molar-refractivity contribution is 5.92. The lowest BCUT2D eigenvalue weighted by Gasteiger charge is -2.00. The number of pyridine rings is 1. The van der Waals surface area contributed by atoms with E-state index in [2.05, 4.69) is 30.3 Å². The van der Waals surface area contributed by atoms with Crippen LogP contribution in [0.15, 0.2) is 47.4 Å². The van der Waals surface area contributed by atoms with E-state index in [4.69, 9.17) is 4.52 Å². The second-order valence-electron chi connectivity index (χ2n) is 4.13. The van der Waals surface area contributed by atoms with E-state index in [1.165, 1.54) is 6.33 Å². The van der Waals surface area contributed by atoms with Crippen LogP contribution in [0.5, 0.6) is 0 Å². The predicted molar refractivity (Wildman–Crippen MR) is 70.4 cm³/mol. The minimum Gasteiger partial charge on any atom is -0.333 e. The lowest BCUT2D eigenvalue weighted by atomic mass is 10.1. The first-order chi connectivity index (χ1) is 9.92. The Kier molecular flexibility index (Phi) is 2.28. The number of para-hydroxylation sites is 1. The topological polar surface area (TPSA) is 93.4 Å². The van der Waals surface area contributed by atoms with Crippen molar-refractivity contribution >= 4 is 10.9 Å². The van der Waals surface area contributed by atoms with Gasteiger partial charge in [-0.15, -0.1) is 0 Å². The van der Waals surface area contributed by atoms with Gasteiger partial charge in [-0.2, -0.15) is 10.1 Å². The highest BCUT2D eigenvalue weighted by atomic mass is 16.5. The van der Waals surface area contributed by atoms with Crippen LogP contribution in [-0.2, 0) is 0 Å². The van der Waals surface area contributed by atoms with Crippen molar-refractivity contribution in [1.29, 1.82) is 0 Å². The van der Waals surface area contributed by atoms with Gasteiger partial charge in [0.2, 0.25) is 5.82 Å². The SMILES string of the molecule is c1ccc2c(-c3nc(-c4ncn[nH]4)no3)ccnc2c1. The van der Waals surface area contributed by atoms with E-state index >= 15 is 0 Å². The largest absolute Gasteiger partial charge is 0.333 e. The van der Waals surface area contributed by atoms with Gasteiger partial charge in [0.1, 0.15) is 6.33 Å². The van der Waals surface area contributed by atoms with E-state index in [9.17, 15) is 0 Å². The molecule has 7 heteroatoms. The van der Waals surface area contributed by atoms with Crippen molar-refractivity contribution in [3.05, 3.63) is 42.9 Å². The third-order valence-corrected chi connectivity index (χ3v) is 2.93. The van der Waals surface area contributed by atoms with Gasteiger partial charge < -0.3 is 4.52 Å². The second kappa shape index (κ2) is 4.23. The highest BCUT2D eigenvalue weighted by Crippen LogP contribution is 2.26. The Labute approximate surface area is 112 Å². The van der Waals surface area contributed by atoms with Crippen molar-refractivity contribution in [3.63, 3.8) is 0 Å². The molecule has 0 radical (unpaired) electrons. The van der Waals surface area contributed by atoms with E-state index in [-0.39, 0.29) is 0 Å². The van der Waals surface area contributed by atoms with E-state index in [0.29, 0.717) is 17.5 Å². The Morgan fingerprint density at radius 1 is 1.05 bits per heavy atom. The molecule has 0 aliphatic heterocycles. The molecule has 20 heavy (non-hydrogen) atoms. The maximum absolute atomic E-state index is 5.31. The molecule has 0 aliphatic rings. The van der Waals surface area contributed by atoms with Gasteiger partial charge in [-0.1, -0.05) is 23.4 Å². The van der Waals surface area contributed by atoms with Crippen molar-refractivity contribution in [2.75, 3.05) is 0 Å². The summed E-state index contributed by atoms with van der Waals surface area (Å²) in [6.07, 6.45) is 3.11. The molecule has 0 bridgehead atoms. The van der Waals surface area contributed by atoms with Crippen LogP contribution in [0.1, 0.15) is 0 Å². The predicted octanol–water partition coefficient (Wildman–Crippen LogP) is 2.07. The number of nitrogens with one attached hydrogen (secondary N) is 1. The molecule has 0 aliphatic carbocycles. The lowest BCUT2D eigenvalue weighted by molar-refractivity contribution is 0.432. The average Bonchev–Trinajstić information content (AvgIpc) is 3.17. The van der Waals surface area contributed by atoms with Gasteiger partial charge in [0.05, 0.1) is 11.1 Å². The number of hydrogen-bond donors (Lipinski definition) is 1. The fraction of sp³-hybridized carbons (Fsp3) is 0. The molecule has 1 aromatic carbocycles. The van der Waals surface area contributed by atoms with E-state index in [1.807, 2.05) is 30.3 Å². The van der Waals surface area contributed by atoms with Gasteiger partial charge in [-0.25, -0.2) is 4.98 Å². The molecule has 3 heterocycles. The smallest absolute Gasteiger partial charge is 0.259 e. The van der Waals surface area contributed by atoms with Crippen molar-refractivity contribution in [2.24, 2.45) is 0 Å². The van der Waals surface area contributed by atoms with Crippen molar-refractivity contribution in [1.82, 2.24) is 30.3 Å². The number of fused-ring (bicyclic) bond motifs is 1. The summed E-state index contributed by atoms with van der Waals surface area (Å²) in [6.45, 7) is 0. The summed E-state index contributed by atoms with van der Waals surface area (Å²) in [5.41, 5.74) is 1.72. The summed E-state index contributed by atoms with van der Waals surface area (Å²) in [4.78, 5) is 12.6. The first-order valence-electron chi connectivity index (χ1n) is 5.95. The summed E-state index contributed by atoms with van der Waals surface area (Å²) in [6, 6.07) is 9.64. The van der Waals surface area contributed by atoms with Crippen LogP contribution in [0.25, 0.3) is 34.0 Å². The third kappa shape index (κ3) is 1.64. The van der Waals surface area contributed by atoms with Crippen molar-refractivity contribution < 1.29 is 4.52 Å². The molecule has 0 amide bonds. The number of rotatable bonds is 2. The maximum atomic E-state index is 5.31. The van der Waals surface area contributed by atoms with Gasteiger partial charge in [0, 0.05) is 11.6 Å². The Morgan fingerprint density at radius 2 is 2.00 bits per heavy atom. The molecule has 4 aromatic rings. The Balaban J connectivity index is 1.88. The van der Waals surface area contributed by atoms with Crippen LogP contribution >= 0.6 is 0 Å². The number of aromatic nitrogens is 6. The minimum absolute atomic E-state index is 0.374. The van der Waals surface area contributed by atoms with Crippen LogP contribution in [0.2, 0.25) is 0 Å². The zero-order chi connectivity index (χ0) is 13.4. The van der Waals surface area contributed by atoms with Gasteiger partial charge in [-0.05, 0) is 12.1 Å². The summed E-state index contributed by atoms with van der Waals surface area (Å²) >= 11 is 0. The molecule has 3 aromatic heterocycles. The molecule has 0 atom stereocenters. The number of H-pyrrole nitrogens is 1. The zero-order valence-electron chi connectivity index (χ0n) is 10.2. The quantitative estimate of drug-likeness (QED) is 0.595. The molecule has 0 spiro atoms. The molecule has 0 unspecified atom stereocenters. The number of benzene rings is 1. The lowest BCUT2D eigenvalue weighted by Crippen LogP contribution is -1.85. The van der Waals surface area contributed by atoms with Gasteiger partial charge in [0.25, 0.3) is 5.89 Å². The molecular weight excluding hydrogens is 256 g/mol. The molecule has 0 saturated heterocycles. The molecule has 4 rings (SSSR count). The minimum atomic E-state index is 0.374. The van der Waals surface area contributed by atoms with E-state index in [1.54, 1.807) is 6.20 Å². The summed E-state index contributed by atoms with van der Waals surface area (Å²) in [5, 5.41) is 11.3. The standard InChI is InChI=1S/C13H8N6O/c1-2-4-10-8(3-1)9(5-6-14-10)13-17-12(19-20-13)11-15-7-16-18-11/h1-7H,(H,15,16,18). The summed E-state index contributed by atoms with van der Waals surface area (Å²) in [7, 11) is 0. The molecule has 0 saturated carbocycles. The normalized spacial score (nSPS) is 11.0. The summed E-state index contributed by atoms with van der Waals surface area (Å²) in [5.74, 6) is 1.27. The van der Waals surface area contributed by atoms with Crippen molar-refractivity contribution in [2.45, 2.75) is 0 Å². The molecule has 7 nitrogen and oxygen atoms in total. The van der Waals surface area contributed by atoms with Crippen LogP contribution in [0, 0.1) is 0 Å². The second-order valence-corrected chi connectivity index (χ2v) is 4.13. The van der Waals surface area contributed by atoms with Crippen molar-refractivity contribution in [3.8, 4) is 23.1 Å². The average molecular weight is 264 g/mol. The first-order valence-corrected chi connectivity index (χ1v) is 5.95. The monoisotopic (exact) mass is 264 g/mol. The van der Waals surface area contributed by atoms with E-state index in [0.717, 1.165) is 16.5 Å². The number of aromatic amines is 1. The number of hydrogen-bond acceptors (Lipinski definition) is 6. The van der Waals surface area contributed by atoms with Crippen LogP contribution in [-0.4, -0.2) is 30.3 Å². The van der Waals surface area contributed by atoms with Crippen LogP contribution in [0.3, 0.4) is 0 Å². The zero-order valence-corrected chi connectivity index (χ0v) is 10.2. The Morgan fingerprint density at radius 3 is 2.90 bits per heavy atom. The summed E-state index contributed by atoms with van der Waals surface area (Å²) < 4.78 is 5.31. The maximum Gasteiger partial charge on any atom is 0.259 e. The third-order valence-electron chi connectivity index (χ3n) is 2.93. The van der Waals surface area contributed by atoms with Crippen LogP contribution in [0.4, 0.5) is 0 Å². The molecule has 0 fully saturated rings. The molecule has 1 N–H and O–H groups in total. The van der Waals surface area contributed by atoms with Crippen LogP contribution < -0.4 is 0 Å². The van der Waals surface area contributed by atoms with Gasteiger partial charge in [0.15, 0.2) is 5.82 Å².